The highest BCUT2D eigenvalue weighted by atomic mass is 32.1. The first-order valence-electron chi connectivity index (χ1n) is 8.87. The van der Waals surface area contributed by atoms with Crippen molar-refractivity contribution in [2.75, 3.05) is 25.6 Å². The molecule has 6 heteroatoms. The van der Waals surface area contributed by atoms with Crippen LogP contribution in [0.3, 0.4) is 0 Å². The van der Waals surface area contributed by atoms with Gasteiger partial charge in [-0.2, -0.15) is 0 Å². The highest BCUT2D eigenvalue weighted by Gasteiger charge is 2.21. The van der Waals surface area contributed by atoms with Crippen molar-refractivity contribution in [3.63, 3.8) is 0 Å². The highest BCUT2D eigenvalue weighted by molar-refractivity contribution is 7.80. The molecule has 1 aliphatic heterocycles. The van der Waals surface area contributed by atoms with E-state index in [0.29, 0.717) is 11.7 Å². The molecular weight excluding hydrogens is 346 g/mol. The molecule has 0 aliphatic carbocycles. The van der Waals surface area contributed by atoms with Crippen LogP contribution in [0.2, 0.25) is 0 Å². The van der Waals surface area contributed by atoms with Crippen LogP contribution in [0.4, 0.5) is 5.69 Å². The molecule has 1 N–H and O–H groups in total. The van der Waals surface area contributed by atoms with Gasteiger partial charge in [-0.3, -0.25) is 4.98 Å². The molecule has 1 aromatic carbocycles. The molecule has 1 aromatic heterocycles. The SMILES string of the molecule is COc1cc(C)ccc1NC(=S)N(Cc1ccncc1)CC1CCCO1. The smallest absolute Gasteiger partial charge is 0.173 e. The van der Waals surface area contributed by atoms with Crippen LogP contribution in [-0.4, -0.2) is 41.4 Å². The Balaban J connectivity index is 1.75. The maximum Gasteiger partial charge on any atom is 0.173 e. The zero-order chi connectivity index (χ0) is 18.4. The average Bonchev–Trinajstić information content (AvgIpc) is 3.16. The van der Waals surface area contributed by atoms with E-state index in [1.807, 2.05) is 37.3 Å². The molecule has 1 atom stereocenters. The number of hydrogen-bond acceptors (Lipinski definition) is 4. The summed E-state index contributed by atoms with van der Waals surface area (Å²) in [5.74, 6) is 0.785. The Morgan fingerprint density at radius 3 is 2.85 bits per heavy atom. The summed E-state index contributed by atoms with van der Waals surface area (Å²) >= 11 is 5.72. The highest BCUT2D eigenvalue weighted by Crippen LogP contribution is 2.26. The summed E-state index contributed by atoms with van der Waals surface area (Å²) in [6, 6.07) is 10.1. The van der Waals surface area contributed by atoms with Gasteiger partial charge in [0.2, 0.25) is 0 Å². The molecule has 0 bridgehead atoms. The van der Waals surface area contributed by atoms with E-state index in [4.69, 9.17) is 21.7 Å². The summed E-state index contributed by atoms with van der Waals surface area (Å²) < 4.78 is 11.3. The Morgan fingerprint density at radius 1 is 1.35 bits per heavy atom. The maximum absolute atomic E-state index is 5.82. The van der Waals surface area contributed by atoms with Crippen LogP contribution in [0.5, 0.6) is 5.75 Å². The van der Waals surface area contributed by atoms with Gasteiger partial charge in [-0.1, -0.05) is 6.07 Å². The number of anilines is 1. The second kappa shape index (κ2) is 8.96. The number of pyridine rings is 1. The molecule has 3 rings (SSSR count). The van der Waals surface area contributed by atoms with Crippen LogP contribution >= 0.6 is 12.2 Å². The van der Waals surface area contributed by atoms with E-state index in [0.717, 1.165) is 48.6 Å². The fraction of sp³-hybridized carbons (Fsp3) is 0.400. The quantitative estimate of drug-likeness (QED) is 0.780. The fourth-order valence-corrected chi connectivity index (χ4v) is 3.31. The van der Waals surface area contributed by atoms with E-state index >= 15 is 0 Å². The topological polar surface area (TPSA) is 46.6 Å². The van der Waals surface area contributed by atoms with Crippen LogP contribution in [0.25, 0.3) is 0 Å². The Bertz CT molecular complexity index is 733. The lowest BCUT2D eigenvalue weighted by atomic mass is 10.2. The largest absolute Gasteiger partial charge is 0.495 e. The second-order valence-corrected chi connectivity index (χ2v) is 6.89. The molecule has 1 fully saturated rings. The number of ether oxygens (including phenoxy) is 2. The summed E-state index contributed by atoms with van der Waals surface area (Å²) in [7, 11) is 1.67. The van der Waals surface area contributed by atoms with Crippen molar-refractivity contribution in [3.05, 3.63) is 53.9 Å². The average molecular weight is 372 g/mol. The summed E-state index contributed by atoms with van der Waals surface area (Å²) in [4.78, 5) is 6.24. The van der Waals surface area contributed by atoms with Crippen molar-refractivity contribution >= 4 is 23.0 Å². The predicted octanol–water partition coefficient (Wildman–Crippen LogP) is 3.78. The zero-order valence-corrected chi connectivity index (χ0v) is 16.1. The third-order valence-electron chi connectivity index (χ3n) is 4.46. The first-order chi connectivity index (χ1) is 12.7. The Labute approximate surface area is 160 Å². The zero-order valence-electron chi connectivity index (χ0n) is 15.3. The van der Waals surface area contributed by atoms with Gasteiger partial charge in [0.05, 0.1) is 18.9 Å². The number of hydrogen-bond donors (Lipinski definition) is 1. The summed E-state index contributed by atoms with van der Waals surface area (Å²) in [6.45, 7) is 4.35. The number of thiocarbonyl (C=S) groups is 1. The third kappa shape index (κ3) is 4.93. The number of nitrogens with zero attached hydrogens (tertiary/aromatic N) is 2. The number of aromatic nitrogens is 1. The van der Waals surface area contributed by atoms with Crippen LogP contribution in [0, 0.1) is 6.92 Å². The van der Waals surface area contributed by atoms with E-state index in [1.165, 1.54) is 0 Å². The van der Waals surface area contributed by atoms with Crippen LogP contribution in [-0.2, 0) is 11.3 Å². The monoisotopic (exact) mass is 371 g/mol. The van der Waals surface area contributed by atoms with Gasteiger partial charge in [0.25, 0.3) is 0 Å². The molecular formula is C20H25N3O2S. The molecule has 1 saturated heterocycles. The van der Waals surface area contributed by atoms with Crippen molar-refractivity contribution in [2.45, 2.75) is 32.4 Å². The van der Waals surface area contributed by atoms with E-state index in [2.05, 4.69) is 15.2 Å². The lowest BCUT2D eigenvalue weighted by Crippen LogP contribution is -2.39. The van der Waals surface area contributed by atoms with Crippen molar-refractivity contribution in [3.8, 4) is 5.75 Å². The minimum atomic E-state index is 0.219. The lowest BCUT2D eigenvalue weighted by Gasteiger charge is -2.28. The number of benzene rings is 1. The van der Waals surface area contributed by atoms with Crippen molar-refractivity contribution in [2.24, 2.45) is 0 Å². The standard InChI is InChI=1S/C20H25N3O2S/c1-15-5-6-18(19(12-15)24-2)22-20(26)23(14-17-4-3-11-25-17)13-16-7-9-21-10-8-16/h5-10,12,17H,3-4,11,13-14H2,1-2H3,(H,22,26). The second-order valence-electron chi connectivity index (χ2n) is 6.50. The van der Waals surface area contributed by atoms with E-state index in [-0.39, 0.29) is 6.10 Å². The minimum Gasteiger partial charge on any atom is -0.495 e. The number of nitrogens with one attached hydrogen (secondary N) is 1. The van der Waals surface area contributed by atoms with Crippen molar-refractivity contribution in [1.82, 2.24) is 9.88 Å². The first kappa shape index (κ1) is 18.6. The molecule has 2 heterocycles. The van der Waals surface area contributed by atoms with Gasteiger partial charge in [0.1, 0.15) is 5.75 Å². The number of aryl methyl sites for hydroxylation is 1. The molecule has 0 radical (unpaired) electrons. The molecule has 0 amide bonds. The summed E-state index contributed by atoms with van der Waals surface area (Å²) in [6.07, 6.45) is 6.01. The molecule has 26 heavy (non-hydrogen) atoms. The van der Waals surface area contributed by atoms with Gasteiger partial charge in [0, 0.05) is 32.1 Å². The molecule has 0 saturated carbocycles. The predicted molar refractivity (Wildman–Crippen MR) is 108 cm³/mol. The van der Waals surface area contributed by atoms with Crippen LogP contribution < -0.4 is 10.1 Å². The van der Waals surface area contributed by atoms with Gasteiger partial charge in [-0.05, 0) is 67.4 Å². The number of methoxy groups -OCH3 is 1. The van der Waals surface area contributed by atoms with Crippen LogP contribution in [0.1, 0.15) is 24.0 Å². The summed E-state index contributed by atoms with van der Waals surface area (Å²) in [5.41, 5.74) is 3.18. The van der Waals surface area contributed by atoms with Gasteiger partial charge in [-0.25, -0.2) is 0 Å². The first-order valence-corrected chi connectivity index (χ1v) is 9.27. The van der Waals surface area contributed by atoms with Gasteiger partial charge >= 0.3 is 0 Å². The molecule has 138 valence electrons. The number of rotatable bonds is 6. The van der Waals surface area contributed by atoms with E-state index in [1.54, 1.807) is 19.5 Å². The third-order valence-corrected chi connectivity index (χ3v) is 4.82. The maximum atomic E-state index is 5.82. The van der Waals surface area contributed by atoms with Gasteiger partial charge in [-0.15, -0.1) is 0 Å². The molecule has 1 unspecified atom stereocenters. The molecule has 2 aromatic rings. The summed E-state index contributed by atoms with van der Waals surface area (Å²) in [5, 5.41) is 4.01. The minimum absolute atomic E-state index is 0.219. The van der Waals surface area contributed by atoms with Gasteiger partial charge < -0.3 is 19.7 Å². The van der Waals surface area contributed by atoms with Crippen LogP contribution in [0.15, 0.2) is 42.7 Å². The Kier molecular flexibility index (Phi) is 6.41. The lowest BCUT2D eigenvalue weighted by molar-refractivity contribution is 0.0905. The Morgan fingerprint density at radius 2 is 2.15 bits per heavy atom. The fourth-order valence-electron chi connectivity index (χ4n) is 3.06. The molecule has 0 spiro atoms. The Hall–Kier alpha value is -2.18. The van der Waals surface area contributed by atoms with Gasteiger partial charge in [0.15, 0.2) is 5.11 Å². The normalized spacial score (nSPS) is 16.3. The van der Waals surface area contributed by atoms with E-state index in [9.17, 15) is 0 Å². The molecule has 5 nitrogen and oxygen atoms in total. The van der Waals surface area contributed by atoms with Crippen molar-refractivity contribution < 1.29 is 9.47 Å². The molecule has 1 aliphatic rings. The van der Waals surface area contributed by atoms with Crippen molar-refractivity contribution in [1.29, 1.82) is 0 Å². The van der Waals surface area contributed by atoms with E-state index < -0.39 is 0 Å².